The molecule has 0 N–H and O–H groups in total. The highest BCUT2D eigenvalue weighted by molar-refractivity contribution is 5.82. The van der Waals surface area contributed by atoms with Gasteiger partial charge in [-0.3, -0.25) is 0 Å². The number of hydrogen-bond acceptors (Lipinski definition) is 0. The van der Waals surface area contributed by atoms with Crippen molar-refractivity contribution in [1.29, 1.82) is 0 Å². The summed E-state index contributed by atoms with van der Waals surface area (Å²) >= 11 is 0. The normalized spacial score (nSPS) is 10.1. The van der Waals surface area contributed by atoms with Gasteiger partial charge in [-0.05, 0) is 28.8 Å². The van der Waals surface area contributed by atoms with Crippen LogP contribution in [0.3, 0.4) is 0 Å². The molecule has 0 nitrogen and oxygen atoms in total. The summed E-state index contributed by atoms with van der Waals surface area (Å²) in [6.45, 7) is 5.72. The maximum atomic E-state index is 3.62. The van der Waals surface area contributed by atoms with E-state index in [1.54, 1.807) is 6.08 Å². The molecule has 0 heteroatoms. The standard InChI is InChI=1S/C11H12.C10H8/c1-3-4-8-11-9-6-5-7-10(11)2;1-2-6-10-8-4-3-7-9(10)5-1/h3-9H,1H2,2H3;1-8H/b8-4-;. The molecule has 0 radical (unpaired) electrons. The second kappa shape index (κ2) is 7.86. The Morgan fingerprint density at radius 1 is 0.714 bits per heavy atom. The average Bonchev–Trinajstić information content (AvgIpc) is 2.55. The zero-order valence-electron chi connectivity index (χ0n) is 12.4. The highest BCUT2D eigenvalue weighted by Crippen LogP contribution is 2.11. The molecule has 0 saturated heterocycles. The topological polar surface area (TPSA) is 0 Å². The summed E-state index contributed by atoms with van der Waals surface area (Å²) in [6, 6.07) is 25.0. The lowest BCUT2D eigenvalue weighted by molar-refractivity contribution is 1.44. The van der Waals surface area contributed by atoms with E-state index in [1.165, 1.54) is 21.9 Å². The molecule has 0 aliphatic carbocycles. The summed E-state index contributed by atoms with van der Waals surface area (Å²) in [5.41, 5.74) is 2.55. The molecule has 0 heterocycles. The van der Waals surface area contributed by atoms with Crippen LogP contribution in [0.5, 0.6) is 0 Å². The summed E-state index contributed by atoms with van der Waals surface area (Å²) in [5, 5.41) is 2.62. The largest absolute Gasteiger partial charge is 0.0991 e. The average molecular weight is 272 g/mol. The smallest absolute Gasteiger partial charge is 0.0184 e. The first-order chi connectivity index (χ1) is 10.3. The third-order valence-electron chi connectivity index (χ3n) is 3.26. The molecular weight excluding hydrogens is 252 g/mol. The minimum absolute atomic E-state index is 1.26. The fourth-order valence-electron chi connectivity index (χ4n) is 2.08. The molecule has 0 atom stereocenters. The van der Waals surface area contributed by atoms with Crippen LogP contribution in [0.2, 0.25) is 0 Å². The highest BCUT2D eigenvalue weighted by atomic mass is 13.9. The first-order valence-electron chi connectivity index (χ1n) is 7.10. The van der Waals surface area contributed by atoms with E-state index in [0.29, 0.717) is 0 Å². The van der Waals surface area contributed by atoms with Crippen molar-refractivity contribution in [3.63, 3.8) is 0 Å². The molecule has 3 aromatic rings. The van der Waals surface area contributed by atoms with E-state index in [0.717, 1.165) is 0 Å². The van der Waals surface area contributed by atoms with Crippen LogP contribution in [0.1, 0.15) is 11.1 Å². The van der Waals surface area contributed by atoms with Gasteiger partial charge in [0.2, 0.25) is 0 Å². The van der Waals surface area contributed by atoms with Gasteiger partial charge in [-0.2, -0.15) is 0 Å². The fourth-order valence-corrected chi connectivity index (χ4v) is 2.08. The predicted octanol–water partition coefficient (Wildman–Crippen LogP) is 6.03. The number of aryl methyl sites for hydroxylation is 1. The first-order valence-corrected chi connectivity index (χ1v) is 7.10. The zero-order chi connectivity index (χ0) is 14.9. The van der Waals surface area contributed by atoms with E-state index in [4.69, 9.17) is 0 Å². The molecule has 0 fully saturated rings. The number of allylic oxidation sites excluding steroid dienone is 2. The van der Waals surface area contributed by atoms with Crippen molar-refractivity contribution in [1.82, 2.24) is 0 Å². The van der Waals surface area contributed by atoms with Crippen LogP contribution in [0.25, 0.3) is 16.8 Å². The number of fused-ring (bicyclic) bond motifs is 1. The van der Waals surface area contributed by atoms with Gasteiger partial charge in [0.25, 0.3) is 0 Å². The molecular formula is C21H20. The molecule has 3 aromatic carbocycles. The Morgan fingerprint density at radius 2 is 1.19 bits per heavy atom. The summed E-state index contributed by atoms with van der Waals surface area (Å²) in [5.74, 6) is 0. The molecule has 0 bridgehead atoms. The van der Waals surface area contributed by atoms with Crippen molar-refractivity contribution in [3.05, 3.63) is 103 Å². The molecule has 0 aliphatic heterocycles. The minimum atomic E-state index is 1.26. The van der Waals surface area contributed by atoms with Crippen molar-refractivity contribution in [2.75, 3.05) is 0 Å². The van der Waals surface area contributed by atoms with Gasteiger partial charge in [0.1, 0.15) is 0 Å². The van der Waals surface area contributed by atoms with Gasteiger partial charge in [0, 0.05) is 0 Å². The molecule has 21 heavy (non-hydrogen) atoms. The SMILES string of the molecule is C=C/C=C\c1ccccc1C.c1ccc2ccccc2c1. The van der Waals surface area contributed by atoms with Crippen molar-refractivity contribution in [2.24, 2.45) is 0 Å². The lowest BCUT2D eigenvalue weighted by Gasteiger charge is -1.96. The lowest BCUT2D eigenvalue weighted by Crippen LogP contribution is -1.76. The molecule has 0 aliphatic rings. The maximum Gasteiger partial charge on any atom is -0.0184 e. The highest BCUT2D eigenvalue weighted by Gasteiger charge is 1.88. The Labute approximate surface area is 127 Å². The molecule has 0 spiro atoms. The first kappa shape index (κ1) is 14.8. The minimum Gasteiger partial charge on any atom is -0.0991 e. The Hall–Kier alpha value is -2.60. The van der Waals surface area contributed by atoms with E-state index in [-0.39, 0.29) is 0 Å². The van der Waals surface area contributed by atoms with Crippen LogP contribution in [0, 0.1) is 6.92 Å². The van der Waals surface area contributed by atoms with Gasteiger partial charge >= 0.3 is 0 Å². The predicted molar refractivity (Wildman–Crippen MR) is 94.4 cm³/mol. The van der Waals surface area contributed by atoms with E-state index >= 15 is 0 Å². The van der Waals surface area contributed by atoms with Crippen molar-refractivity contribution in [2.45, 2.75) is 6.92 Å². The second-order valence-electron chi connectivity index (χ2n) is 4.80. The summed E-state index contributed by atoms with van der Waals surface area (Å²) < 4.78 is 0. The van der Waals surface area contributed by atoms with Gasteiger partial charge in [0.15, 0.2) is 0 Å². The van der Waals surface area contributed by atoms with E-state index in [1.807, 2.05) is 18.2 Å². The molecule has 0 aromatic heterocycles. The Bertz CT molecular complexity index is 670. The van der Waals surface area contributed by atoms with Gasteiger partial charge < -0.3 is 0 Å². The Balaban J connectivity index is 0.000000154. The quantitative estimate of drug-likeness (QED) is 0.499. The molecule has 104 valence electrons. The number of hydrogen-bond donors (Lipinski definition) is 0. The van der Waals surface area contributed by atoms with Crippen molar-refractivity contribution < 1.29 is 0 Å². The van der Waals surface area contributed by atoms with E-state index in [9.17, 15) is 0 Å². The van der Waals surface area contributed by atoms with Gasteiger partial charge in [-0.1, -0.05) is 97.6 Å². The lowest BCUT2D eigenvalue weighted by atomic mass is 10.1. The van der Waals surface area contributed by atoms with Crippen LogP contribution in [0.15, 0.2) is 91.5 Å². The van der Waals surface area contributed by atoms with E-state index in [2.05, 4.69) is 80.2 Å². The number of rotatable bonds is 2. The second-order valence-corrected chi connectivity index (χ2v) is 4.80. The maximum absolute atomic E-state index is 3.62. The molecule has 0 unspecified atom stereocenters. The Kier molecular flexibility index (Phi) is 5.54. The van der Waals surface area contributed by atoms with Crippen molar-refractivity contribution >= 4 is 16.8 Å². The van der Waals surface area contributed by atoms with E-state index < -0.39 is 0 Å². The Morgan fingerprint density at radius 3 is 1.67 bits per heavy atom. The molecule has 3 rings (SSSR count). The van der Waals surface area contributed by atoms with Crippen LogP contribution in [0.4, 0.5) is 0 Å². The number of benzene rings is 3. The monoisotopic (exact) mass is 272 g/mol. The van der Waals surface area contributed by atoms with Crippen LogP contribution < -0.4 is 0 Å². The van der Waals surface area contributed by atoms with Crippen molar-refractivity contribution in [3.8, 4) is 0 Å². The third-order valence-corrected chi connectivity index (χ3v) is 3.26. The van der Waals surface area contributed by atoms with Gasteiger partial charge in [0.05, 0.1) is 0 Å². The zero-order valence-corrected chi connectivity index (χ0v) is 12.4. The summed E-state index contributed by atoms with van der Waals surface area (Å²) in [6.07, 6.45) is 5.79. The summed E-state index contributed by atoms with van der Waals surface area (Å²) in [4.78, 5) is 0. The van der Waals surface area contributed by atoms with Gasteiger partial charge in [-0.15, -0.1) is 0 Å². The fraction of sp³-hybridized carbons (Fsp3) is 0.0476. The third kappa shape index (κ3) is 4.47. The van der Waals surface area contributed by atoms with Crippen LogP contribution in [-0.4, -0.2) is 0 Å². The summed E-state index contributed by atoms with van der Waals surface area (Å²) in [7, 11) is 0. The molecule has 0 amide bonds. The molecule has 0 saturated carbocycles. The van der Waals surface area contributed by atoms with Crippen LogP contribution >= 0.6 is 0 Å². The van der Waals surface area contributed by atoms with Gasteiger partial charge in [-0.25, -0.2) is 0 Å². The van der Waals surface area contributed by atoms with Crippen LogP contribution in [-0.2, 0) is 0 Å².